The third-order valence-corrected chi connectivity index (χ3v) is 3.73. The van der Waals surface area contributed by atoms with Gasteiger partial charge in [0.05, 0.1) is 12.1 Å². The van der Waals surface area contributed by atoms with E-state index in [2.05, 4.69) is 20.8 Å². The van der Waals surface area contributed by atoms with Gasteiger partial charge in [0.2, 0.25) is 0 Å². The van der Waals surface area contributed by atoms with Crippen LogP contribution in [0.1, 0.15) is 10.5 Å². The Balaban J connectivity index is 1.66. The molecule has 8 heteroatoms. The topological polar surface area (TPSA) is 76.1 Å². The maximum atomic E-state index is 13.2. The number of ether oxygens (including phenoxy) is 1. The molecule has 0 aliphatic carbocycles. The van der Waals surface area contributed by atoms with Gasteiger partial charge in [-0.25, -0.2) is 4.39 Å². The number of halogens is 2. The first-order valence-corrected chi connectivity index (χ1v) is 7.94. The number of hydrogen-bond acceptors (Lipinski definition) is 5. The van der Waals surface area contributed by atoms with E-state index in [-0.39, 0.29) is 16.6 Å². The van der Waals surface area contributed by atoms with E-state index in [1.165, 1.54) is 24.3 Å². The van der Waals surface area contributed by atoms with Gasteiger partial charge in [-0.2, -0.15) is 0 Å². The van der Waals surface area contributed by atoms with Gasteiger partial charge in [0.1, 0.15) is 11.6 Å². The van der Waals surface area contributed by atoms with Crippen LogP contribution in [0.25, 0.3) is 0 Å². The van der Waals surface area contributed by atoms with E-state index in [1.807, 2.05) is 0 Å². The number of benzene rings is 2. The van der Waals surface area contributed by atoms with E-state index in [0.29, 0.717) is 22.9 Å². The Bertz CT molecular complexity index is 917. The normalized spacial score (nSPS) is 10.3. The molecule has 6 nitrogen and oxygen atoms in total. The van der Waals surface area contributed by atoms with Crippen molar-refractivity contribution in [2.24, 2.45) is 0 Å². The molecule has 1 aromatic heterocycles. The van der Waals surface area contributed by atoms with Gasteiger partial charge >= 0.3 is 0 Å². The number of carbonyl (C=O) groups is 1. The van der Waals surface area contributed by atoms with Crippen LogP contribution < -0.4 is 15.4 Å². The van der Waals surface area contributed by atoms with Crippen LogP contribution in [0.4, 0.5) is 21.6 Å². The second-order valence-electron chi connectivity index (χ2n) is 5.24. The van der Waals surface area contributed by atoms with Crippen LogP contribution in [0.3, 0.4) is 0 Å². The lowest BCUT2D eigenvalue weighted by Crippen LogP contribution is -2.14. The molecule has 0 fully saturated rings. The summed E-state index contributed by atoms with van der Waals surface area (Å²) in [7, 11) is 1.57. The predicted octanol–water partition coefficient (Wildman–Crippen LogP) is 4.27. The smallest absolute Gasteiger partial charge is 0.276 e. The molecule has 1 amide bonds. The average molecular weight is 373 g/mol. The molecular formula is C18H14ClFN4O2. The van der Waals surface area contributed by atoms with Crippen molar-refractivity contribution < 1.29 is 13.9 Å². The van der Waals surface area contributed by atoms with Gasteiger partial charge < -0.3 is 15.4 Å². The maximum Gasteiger partial charge on any atom is 0.276 e. The monoisotopic (exact) mass is 372 g/mol. The zero-order valence-corrected chi connectivity index (χ0v) is 14.4. The number of aromatic nitrogens is 2. The molecule has 0 bridgehead atoms. The van der Waals surface area contributed by atoms with Crippen molar-refractivity contribution in [2.45, 2.75) is 0 Å². The van der Waals surface area contributed by atoms with Gasteiger partial charge in [-0.3, -0.25) is 4.79 Å². The summed E-state index contributed by atoms with van der Waals surface area (Å²) >= 11 is 5.73. The van der Waals surface area contributed by atoms with Crippen molar-refractivity contribution in [2.75, 3.05) is 17.7 Å². The summed E-state index contributed by atoms with van der Waals surface area (Å²) in [5.41, 5.74) is 1.32. The molecule has 0 spiro atoms. The lowest BCUT2D eigenvalue weighted by molar-refractivity contribution is 0.102. The Kier molecular flexibility index (Phi) is 5.28. The van der Waals surface area contributed by atoms with Gasteiger partial charge in [0.25, 0.3) is 5.91 Å². The molecule has 3 aromatic rings. The van der Waals surface area contributed by atoms with Crippen LogP contribution in [-0.4, -0.2) is 23.2 Å². The van der Waals surface area contributed by atoms with Gasteiger partial charge in [0.15, 0.2) is 11.5 Å². The largest absolute Gasteiger partial charge is 0.497 e. The Morgan fingerprint density at radius 1 is 1.04 bits per heavy atom. The number of carbonyl (C=O) groups excluding carboxylic acids is 1. The van der Waals surface area contributed by atoms with Crippen molar-refractivity contribution in [3.8, 4) is 5.75 Å². The number of rotatable bonds is 5. The molecule has 3 rings (SSSR count). The summed E-state index contributed by atoms with van der Waals surface area (Å²) < 4.78 is 18.2. The lowest BCUT2D eigenvalue weighted by atomic mass is 10.3. The molecule has 132 valence electrons. The number of amides is 1. The van der Waals surface area contributed by atoms with E-state index in [4.69, 9.17) is 16.3 Å². The zero-order valence-electron chi connectivity index (χ0n) is 13.7. The van der Waals surface area contributed by atoms with E-state index >= 15 is 0 Å². The average Bonchev–Trinajstić information content (AvgIpc) is 2.66. The molecule has 1 heterocycles. The standard InChI is InChI=1S/C18H14ClFN4O2/c1-26-13-5-2-11(3-6-13)22-18(25)16-8-9-17(24-23-16)21-12-4-7-15(20)14(19)10-12/h2-10H,1H3,(H,21,24)(H,22,25). The quantitative estimate of drug-likeness (QED) is 0.699. The molecule has 2 N–H and O–H groups in total. The first-order valence-electron chi connectivity index (χ1n) is 7.56. The molecule has 0 unspecified atom stereocenters. The lowest BCUT2D eigenvalue weighted by Gasteiger charge is -2.07. The van der Waals surface area contributed by atoms with Crippen LogP contribution in [-0.2, 0) is 0 Å². The Morgan fingerprint density at radius 2 is 1.77 bits per heavy atom. The molecule has 0 aliphatic rings. The Hall–Kier alpha value is -3.19. The molecule has 0 saturated heterocycles. The minimum atomic E-state index is -0.506. The molecule has 26 heavy (non-hydrogen) atoms. The van der Waals surface area contributed by atoms with Gasteiger partial charge in [-0.05, 0) is 54.6 Å². The highest BCUT2D eigenvalue weighted by molar-refractivity contribution is 6.31. The van der Waals surface area contributed by atoms with Crippen LogP contribution in [0, 0.1) is 5.82 Å². The summed E-state index contributed by atoms with van der Waals surface area (Å²) in [6.45, 7) is 0. The summed E-state index contributed by atoms with van der Waals surface area (Å²) in [4.78, 5) is 12.2. The first-order chi connectivity index (χ1) is 12.5. The molecule has 0 saturated carbocycles. The van der Waals surface area contributed by atoms with Crippen LogP contribution in [0.15, 0.2) is 54.6 Å². The second kappa shape index (κ2) is 7.79. The number of anilines is 3. The summed E-state index contributed by atoms with van der Waals surface area (Å²) in [5, 5.41) is 13.5. The Labute approximate surface area is 154 Å². The van der Waals surface area contributed by atoms with Crippen molar-refractivity contribution in [3.63, 3.8) is 0 Å². The third-order valence-electron chi connectivity index (χ3n) is 3.44. The fraction of sp³-hybridized carbons (Fsp3) is 0.0556. The Morgan fingerprint density at radius 3 is 2.38 bits per heavy atom. The maximum absolute atomic E-state index is 13.2. The number of nitrogens with one attached hydrogen (secondary N) is 2. The van der Waals surface area contributed by atoms with E-state index in [1.54, 1.807) is 37.4 Å². The molecule has 0 radical (unpaired) electrons. The van der Waals surface area contributed by atoms with Crippen molar-refractivity contribution >= 4 is 34.7 Å². The predicted molar refractivity (Wildman–Crippen MR) is 97.7 cm³/mol. The number of hydrogen-bond donors (Lipinski definition) is 2. The highest BCUT2D eigenvalue weighted by Crippen LogP contribution is 2.22. The SMILES string of the molecule is COc1ccc(NC(=O)c2ccc(Nc3ccc(F)c(Cl)c3)nn2)cc1. The van der Waals surface area contributed by atoms with Crippen molar-refractivity contribution in [1.82, 2.24) is 10.2 Å². The molecule has 0 atom stereocenters. The van der Waals surface area contributed by atoms with E-state index in [9.17, 15) is 9.18 Å². The van der Waals surface area contributed by atoms with Gasteiger partial charge in [-0.1, -0.05) is 11.6 Å². The van der Waals surface area contributed by atoms with E-state index in [0.717, 1.165) is 0 Å². The highest BCUT2D eigenvalue weighted by Gasteiger charge is 2.09. The summed E-state index contributed by atoms with van der Waals surface area (Å²) in [6, 6.07) is 14.2. The fourth-order valence-electron chi connectivity index (χ4n) is 2.11. The van der Waals surface area contributed by atoms with Crippen LogP contribution in [0.5, 0.6) is 5.75 Å². The number of methoxy groups -OCH3 is 1. The summed E-state index contributed by atoms with van der Waals surface area (Å²) in [6.07, 6.45) is 0. The van der Waals surface area contributed by atoms with Crippen molar-refractivity contribution in [3.05, 3.63) is 71.1 Å². The third kappa shape index (κ3) is 4.25. The molecular weight excluding hydrogens is 359 g/mol. The molecule has 0 aliphatic heterocycles. The van der Waals surface area contributed by atoms with Crippen LogP contribution >= 0.6 is 11.6 Å². The van der Waals surface area contributed by atoms with Gasteiger partial charge in [0, 0.05) is 11.4 Å². The summed E-state index contributed by atoms with van der Waals surface area (Å²) in [5.74, 6) is 0.195. The van der Waals surface area contributed by atoms with Gasteiger partial charge in [-0.15, -0.1) is 10.2 Å². The highest BCUT2D eigenvalue weighted by atomic mass is 35.5. The number of nitrogens with zero attached hydrogens (tertiary/aromatic N) is 2. The van der Waals surface area contributed by atoms with E-state index < -0.39 is 5.82 Å². The molecule has 2 aromatic carbocycles. The fourth-order valence-corrected chi connectivity index (χ4v) is 2.29. The first kappa shape index (κ1) is 17.6. The minimum Gasteiger partial charge on any atom is -0.497 e. The second-order valence-corrected chi connectivity index (χ2v) is 5.65. The zero-order chi connectivity index (χ0) is 18.5. The van der Waals surface area contributed by atoms with Crippen LogP contribution in [0.2, 0.25) is 5.02 Å². The van der Waals surface area contributed by atoms with Crippen molar-refractivity contribution in [1.29, 1.82) is 0 Å². The minimum absolute atomic E-state index is 0.00144.